The van der Waals surface area contributed by atoms with Crippen LogP contribution in [0, 0.1) is 5.41 Å². The molecule has 0 aliphatic carbocycles. The molecule has 0 saturated carbocycles. The van der Waals surface area contributed by atoms with Crippen LogP contribution in [0.25, 0.3) is 0 Å². The molecule has 66 valence electrons. The standard InChI is InChI=1S/C9H20N2/c1-2-9(3-6-10)4-7-11-8-5-9/h11H,2-8,10H2,1H3. The monoisotopic (exact) mass is 156 g/mol. The van der Waals surface area contributed by atoms with Crippen LogP contribution in [0.15, 0.2) is 0 Å². The molecule has 1 saturated heterocycles. The summed E-state index contributed by atoms with van der Waals surface area (Å²) in [5.74, 6) is 0. The second kappa shape index (κ2) is 4.07. The average Bonchev–Trinajstić information content (AvgIpc) is 2.07. The van der Waals surface area contributed by atoms with Gasteiger partial charge in [0.05, 0.1) is 0 Å². The molecule has 2 heteroatoms. The van der Waals surface area contributed by atoms with E-state index in [4.69, 9.17) is 5.73 Å². The van der Waals surface area contributed by atoms with Gasteiger partial charge in [0.2, 0.25) is 0 Å². The molecule has 1 aliphatic rings. The number of rotatable bonds is 3. The number of piperidine rings is 1. The molecule has 0 amide bonds. The van der Waals surface area contributed by atoms with Crippen LogP contribution in [0.1, 0.15) is 32.6 Å². The fraction of sp³-hybridized carbons (Fsp3) is 1.00. The third-order valence-electron chi connectivity index (χ3n) is 3.09. The quantitative estimate of drug-likeness (QED) is 0.642. The smallest absolute Gasteiger partial charge is 0.00436 e. The number of hydrogen-bond acceptors (Lipinski definition) is 2. The van der Waals surface area contributed by atoms with E-state index in [2.05, 4.69) is 12.2 Å². The zero-order valence-corrected chi connectivity index (χ0v) is 7.53. The van der Waals surface area contributed by atoms with Crippen LogP contribution >= 0.6 is 0 Å². The largest absolute Gasteiger partial charge is 0.330 e. The van der Waals surface area contributed by atoms with Gasteiger partial charge in [0, 0.05) is 0 Å². The second-order valence-electron chi connectivity index (χ2n) is 3.64. The van der Waals surface area contributed by atoms with Crippen LogP contribution < -0.4 is 11.1 Å². The molecule has 0 aromatic rings. The molecule has 1 rings (SSSR count). The number of hydrogen-bond donors (Lipinski definition) is 2. The van der Waals surface area contributed by atoms with Gasteiger partial charge in [-0.25, -0.2) is 0 Å². The molecular weight excluding hydrogens is 136 g/mol. The summed E-state index contributed by atoms with van der Waals surface area (Å²) in [6, 6.07) is 0. The van der Waals surface area contributed by atoms with E-state index in [0.29, 0.717) is 5.41 Å². The Morgan fingerprint density at radius 1 is 1.36 bits per heavy atom. The van der Waals surface area contributed by atoms with Gasteiger partial charge in [-0.15, -0.1) is 0 Å². The van der Waals surface area contributed by atoms with Gasteiger partial charge in [0.25, 0.3) is 0 Å². The zero-order valence-electron chi connectivity index (χ0n) is 7.53. The lowest BCUT2D eigenvalue weighted by molar-refractivity contribution is 0.180. The van der Waals surface area contributed by atoms with Crippen LogP contribution in [-0.2, 0) is 0 Å². The Bertz CT molecular complexity index is 101. The Balaban J connectivity index is 2.42. The Hall–Kier alpha value is -0.0800. The van der Waals surface area contributed by atoms with E-state index in [1.165, 1.54) is 38.8 Å². The molecule has 1 heterocycles. The van der Waals surface area contributed by atoms with Crippen molar-refractivity contribution in [3.8, 4) is 0 Å². The molecule has 0 aromatic carbocycles. The molecule has 11 heavy (non-hydrogen) atoms. The Labute approximate surface area is 69.5 Å². The first kappa shape index (κ1) is 9.01. The van der Waals surface area contributed by atoms with Crippen molar-refractivity contribution in [1.29, 1.82) is 0 Å². The summed E-state index contributed by atoms with van der Waals surface area (Å²) < 4.78 is 0. The van der Waals surface area contributed by atoms with Crippen molar-refractivity contribution in [2.24, 2.45) is 11.1 Å². The molecule has 0 radical (unpaired) electrons. The van der Waals surface area contributed by atoms with E-state index in [1.807, 2.05) is 0 Å². The highest BCUT2D eigenvalue weighted by molar-refractivity contribution is 4.83. The minimum atomic E-state index is 0.583. The van der Waals surface area contributed by atoms with Crippen molar-refractivity contribution in [2.45, 2.75) is 32.6 Å². The van der Waals surface area contributed by atoms with Gasteiger partial charge in [-0.05, 0) is 44.3 Å². The first-order chi connectivity index (χ1) is 5.33. The average molecular weight is 156 g/mol. The van der Waals surface area contributed by atoms with E-state index in [-0.39, 0.29) is 0 Å². The summed E-state index contributed by atoms with van der Waals surface area (Å²) in [5.41, 5.74) is 6.18. The molecule has 0 spiro atoms. The fourth-order valence-electron chi connectivity index (χ4n) is 2.04. The predicted molar refractivity (Wildman–Crippen MR) is 48.5 cm³/mol. The number of nitrogens with one attached hydrogen (secondary N) is 1. The van der Waals surface area contributed by atoms with Gasteiger partial charge in [0.15, 0.2) is 0 Å². The van der Waals surface area contributed by atoms with Crippen molar-refractivity contribution in [3.05, 3.63) is 0 Å². The summed E-state index contributed by atoms with van der Waals surface area (Å²) in [6.45, 7) is 5.52. The van der Waals surface area contributed by atoms with Crippen LogP contribution in [0.5, 0.6) is 0 Å². The predicted octanol–water partition coefficient (Wildman–Crippen LogP) is 1.12. The summed E-state index contributed by atoms with van der Waals surface area (Å²) in [4.78, 5) is 0. The highest BCUT2D eigenvalue weighted by Gasteiger charge is 2.28. The molecule has 1 fully saturated rings. The van der Waals surface area contributed by atoms with Gasteiger partial charge >= 0.3 is 0 Å². The highest BCUT2D eigenvalue weighted by Crippen LogP contribution is 2.35. The fourth-order valence-corrected chi connectivity index (χ4v) is 2.04. The molecule has 3 N–H and O–H groups in total. The van der Waals surface area contributed by atoms with Crippen LogP contribution in [-0.4, -0.2) is 19.6 Å². The lowest BCUT2D eigenvalue weighted by Crippen LogP contribution is -2.37. The maximum atomic E-state index is 5.60. The van der Waals surface area contributed by atoms with Crippen molar-refractivity contribution >= 4 is 0 Å². The van der Waals surface area contributed by atoms with Gasteiger partial charge in [-0.2, -0.15) is 0 Å². The molecule has 2 nitrogen and oxygen atoms in total. The van der Waals surface area contributed by atoms with Gasteiger partial charge in [-0.3, -0.25) is 0 Å². The third-order valence-corrected chi connectivity index (χ3v) is 3.09. The van der Waals surface area contributed by atoms with Crippen LogP contribution in [0.3, 0.4) is 0 Å². The van der Waals surface area contributed by atoms with Crippen molar-refractivity contribution < 1.29 is 0 Å². The van der Waals surface area contributed by atoms with Gasteiger partial charge in [0.1, 0.15) is 0 Å². The molecule has 0 aromatic heterocycles. The molecule has 0 atom stereocenters. The Kier molecular flexibility index (Phi) is 3.34. The molecular formula is C9H20N2. The summed E-state index contributed by atoms with van der Waals surface area (Å²) in [7, 11) is 0. The maximum Gasteiger partial charge on any atom is -0.00436 e. The van der Waals surface area contributed by atoms with E-state index in [9.17, 15) is 0 Å². The zero-order chi connectivity index (χ0) is 8.16. The Morgan fingerprint density at radius 3 is 2.45 bits per heavy atom. The van der Waals surface area contributed by atoms with E-state index < -0.39 is 0 Å². The van der Waals surface area contributed by atoms with Crippen LogP contribution in [0.2, 0.25) is 0 Å². The molecule has 0 unspecified atom stereocenters. The van der Waals surface area contributed by atoms with E-state index in [1.54, 1.807) is 0 Å². The van der Waals surface area contributed by atoms with Gasteiger partial charge in [-0.1, -0.05) is 13.3 Å². The van der Waals surface area contributed by atoms with Crippen LogP contribution in [0.4, 0.5) is 0 Å². The second-order valence-corrected chi connectivity index (χ2v) is 3.64. The summed E-state index contributed by atoms with van der Waals surface area (Å²) in [6.07, 6.45) is 5.15. The third kappa shape index (κ3) is 2.17. The Morgan fingerprint density at radius 2 is 2.00 bits per heavy atom. The minimum Gasteiger partial charge on any atom is -0.330 e. The lowest BCUT2D eigenvalue weighted by atomic mass is 9.74. The SMILES string of the molecule is CCC1(CCN)CCNCC1. The molecule has 0 bridgehead atoms. The number of nitrogens with two attached hydrogens (primary N) is 1. The highest BCUT2D eigenvalue weighted by atomic mass is 14.9. The van der Waals surface area contributed by atoms with Gasteiger partial charge < -0.3 is 11.1 Å². The minimum absolute atomic E-state index is 0.583. The first-order valence-corrected chi connectivity index (χ1v) is 4.74. The lowest BCUT2D eigenvalue weighted by Gasteiger charge is -2.36. The maximum absolute atomic E-state index is 5.60. The van der Waals surface area contributed by atoms with Crippen molar-refractivity contribution in [1.82, 2.24) is 5.32 Å². The first-order valence-electron chi connectivity index (χ1n) is 4.74. The summed E-state index contributed by atoms with van der Waals surface area (Å²) >= 11 is 0. The summed E-state index contributed by atoms with van der Waals surface area (Å²) in [5, 5.41) is 3.39. The van der Waals surface area contributed by atoms with Crippen molar-refractivity contribution in [2.75, 3.05) is 19.6 Å². The van der Waals surface area contributed by atoms with E-state index in [0.717, 1.165) is 6.54 Å². The van der Waals surface area contributed by atoms with Crippen molar-refractivity contribution in [3.63, 3.8) is 0 Å². The topological polar surface area (TPSA) is 38.0 Å². The normalized spacial score (nSPS) is 23.5. The van der Waals surface area contributed by atoms with E-state index >= 15 is 0 Å². The molecule has 1 aliphatic heterocycles.